The molecule has 2 heteroatoms. The summed E-state index contributed by atoms with van der Waals surface area (Å²) in [4.78, 5) is 4.43. The molecular formula is C15H14N2. The van der Waals surface area contributed by atoms with Gasteiger partial charge in [0.05, 0.1) is 16.7 Å². The summed E-state index contributed by atoms with van der Waals surface area (Å²) in [5, 5.41) is 0. The molecule has 0 saturated heterocycles. The van der Waals surface area contributed by atoms with Gasteiger partial charge in [-0.2, -0.15) is 0 Å². The van der Waals surface area contributed by atoms with Crippen molar-refractivity contribution in [2.45, 2.75) is 13.3 Å². The lowest BCUT2D eigenvalue weighted by molar-refractivity contribution is 1.03. The first-order chi connectivity index (χ1) is 8.40. The maximum absolute atomic E-state index is 4.43. The van der Waals surface area contributed by atoms with E-state index in [1.54, 1.807) is 0 Å². The molecule has 0 N–H and O–H groups in total. The van der Waals surface area contributed by atoms with E-state index >= 15 is 0 Å². The first-order valence-corrected chi connectivity index (χ1v) is 5.90. The number of rotatable bonds is 2. The second kappa shape index (κ2) is 4.06. The molecule has 2 nitrogen and oxygen atoms in total. The maximum Gasteiger partial charge on any atom is 0.100 e. The average molecular weight is 222 g/mol. The van der Waals surface area contributed by atoms with Crippen molar-refractivity contribution in [3.63, 3.8) is 0 Å². The molecule has 17 heavy (non-hydrogen) atoms. The minimum Gasteiger partial charge on any atom is -0.299 e. The van der Waals surface area contributed by atoms with E-state index in [9.17, 15) is 0 Å². The van der Waals surface area contributed by atoms with Crippen molar-refractivity contribution in [3.8, 4) is 5.69 Å². The van der Waals surface area contributed by atoms with Crippen LogP contribution in [0.3, 0.4) is 0 Å². The third kappa shape index (κ3) is 1.62. The SMILES string of the molecule is CCc1ccccc1-n1cnc2ccccc21. The summed E-state index contributed by atoms with van der Waals surface area (Å²) >= 11 is 0. The first-order valence-electron chi connectivity index (χ1n) is 5.90. The fraction of sp³-hybridized carbons (Fsp3) is 0.133. The molecule has 0 bridgehead atoms. The third-order valence-electron chi connectivity index (χ3n) is 3.09. The molecule has 1 aromatic heterocycles. The summed E-state index contributed by atoms with van der Waals surface area (Å²) < 4.78 is 2.16. The minimum absolute atomic E-state index is 1.03. The van der Waals surface area contributed by atoms with Crippen LogP contribution in [0.5, 0.6) is 0 Å². The number of aromatic nitrogens is 2. The van der Waals surface area contributed by atoms with Gasteiger partial charge in [0.1, 0.15) is 6.33 Å². The standard InChI is InChI=1S/C15H14N2/c1-2-12-7-3-5-9-14(12)17-11-16-13-8-4-6-10-15(13)17/h3-11H,2H2,1H3. The Hall–Kier alpha value is -2.09. The van der Waals surface area contributed by atoms with E-state index in [-0.39, 0.29) is 0 Å². The van der Waals surface area contributed by atoms with Gasteiger partial charge in [-0.15, -0.1) is 0 Å². The zero-order valence-corrected chi connectivity index (χ0v) is 9.80. The zero-order valence-electron chi connectivity index (χ0n) is 9.80. The minimum atomic E-state index is 1.03. The number of benzene rings is 2. The van der Waals surface area contributed by atoms with E-state index in [2.05, 4.69) is 52.9 Å². The molecule has 0 unspecified atom stereocenters. The maximum atomic E-state index is 4.43. The quantitative estimate of drug-likeness (QED) is 0.648. The molecule has 0 fully saturated rings. The Bertz CT molecular complexity index is 653. The summed E-state index contributed by atoms with van der Waals surface area (Å²) in [6.07, 6.45) is 2.93. The van der Waals surface area contributed by atoms with Crippen LogP contribution in [0.15, 0.2) is 54.9 Å². The highest BCUT2D eigenvalue weighted by atomic mass is 15.0. The fourth-order valence-corrected chi connectivity index (χ4v) is 2.20. The Labute approximate surface area is 101 Å². The monoisotopic (exact) mass is 222 g/mol. The fourth-order valence-electron chi connectivity index (χ4n) is 2.20. The van der Waals surface area contributed by atoms with Crippen LogP contribution in [-0.2, 0) is 6.42 Å². The van der Waals surface area contributed by atoms with Crippen molar-refractivity contribution in [1.29, 1.82) is 0 Å². The number of aryl methyl sites for hydroxylation is 1. The lowest BCUT2D eigenvalue weighted by atomic mass is 10.1. The average Bonchev–Trinajstić information content (AvgIpc) is 2.82. The van der Waals surface area contributed by atoms with Crippen LogP contribution < -0.4 is 0 Å². The highest BCUT2D eigenvalue weighted by Crippen LogP contribution is 2.21. The summed E-state index contributed by atoms with van der Waals surface area (Å²) in [5.41, 5.74) is 4.77. The second-order valence-electron chi connectivity index (χ2n) is 4.09. The lowest BCUT2D eigenvalue weighted by Gasteiger charge is -2.09. The lowest BCUT2D eigenvalue weighted by Crippen LogP contribution is -1.96. The molecule has 0 aliphatic carbocycles. The van der Waals surface area contributed by atoms with Crippen LogP contribution in [0, 0.1) is 0 Å². The predicted octanol–water partition coefficient (Wildman–Crippen LogP) is 3.59. The highest BCUT2D eigenvalue weighted by Gasteiger charge is 2.06. The number of nitrogens with zero attached hydrogens (tertiary/aromatic N) is 2. The number of fused-ring (bicyclic) bond motifs is 1. The van der Waals surface area contributed by atoms with Crippen molar-refractivity contribution in [3.05, 3.63) is 60.4 Å². The zero-order chi connectivity index (χ0) is 11.7. The summed E-state index contributed by atoms with van der Waals surface area (Å²) in [5.74, 6) is 0. The Balaban J connectivity index is 2.27. The van der Waals surface area contributed by atoms with Gasteiger partial charge in [-0.25, -0.2) is 4.98 Å². The van der Waals surface area contributed by atoms with Gasteiger partial charge in [0, 0.05) is 0 Å². The van der Waals surface area contributed by atoms with Gasteiger partial charge in [-0.05, 0) is 30.2 Å². The molecule has 0 amide bonds. The number of para-hydroxylation sites is 3. The van der Waals surface area contributed by atoms with Crippen LogP contribution in [0.4, 0.5) is 0 Å². The molecule has 2 aromatic carbocycles. The van der Waals surface area contributed by atoms with Crippen molar-refractivity contribution in [2.75, 3.05) is 0 Å². The van der Waals surface area contributed by atoms with Crippen LogP contribution in [0.1, 0.15) is 12.5 Å². The normalized spacial score (nSPS) is 10.9. The molecule has 0 atom stereocenters. The van der Waals surface area contributed by atoms with Crippen molar-refractivity contribution < 1.29 is 0 Å². The summed E-state index contributed by atoms with van der Waals surface area (Å²) in [6.45, 7) is 2.18. The van der Waals surface area contributed by atoms with E-state index in [1.807, 2.05) is 18.5 Å². The van der Waals surface area contributed by atoms with Crippen LogP contribution >= 0.6 is 0 Å². The molecule has 1 heterocycles. The van der Waals surface area contributed by atoms with E-state index < -0.39 is 0 Å². The van der Waals surface area contributed by atoms with E-state index in [1.165, 1.54) is 11.3 Å². The first kappa shape index (κ1) is 10.1. The largest absolute Gasteiger partial charge is 0.299 e. The van der Waals surface area contributed by atoms with Crippen molar-refractivity contribution >= 4 is 11.0 Å². The van der Waals surface area contributed by atoms with Crippen LogP contribution in [0.25, 0.3) is 16.7 Å². The molecule has 0 saturated carbocycles. The Morgan fingerprint density at radius 3 is 2.65 bits per heavy atom. The van der Waals surface area contributed by atoms with E-state index in [0.717, 1.165) is 17.5 Å². The molecule has 0 spiro atoms. The van der Waals surface area contributed by atoms with Gasteiger partial charge in [0.15, 0.2) is 0 Å². The van der Waals surface area contributed by atoms with Crippen molar-refractivity contribution in [1.82, 2.24) is 9.55 Å². The van der Waals surface area contributed by atoms with Gasteiger partial charge < -0.3 is 0 Å². The molecule has 0 radical (unpaired) electrons. The Kier molecular flexibility index (Phi) is 2.41. The van der Waals surface area contributed by atoms with Crippen LogP contribution in [0.2, 0.25) is 0 Å². The van der Waals surface area contributed by atoms with Crippen LogP contribution in [-0.4, -0.2) is 9.55 Å². The molecule has 84 valence electrons. The Morgan fingerprint density at radius 1 is 1.00 bits per heavy atom. The number of hydrogen-bond acceptors (Lipinski definition) is 1. The summed E-state index contributed by atoms with van der Waals surface area (Å²) in [7, 11) is 0. The second-order valence-corrected chi connectivity index (χ2v) is 4.09. The van der Waals surface area contributed by atoms with Gasteiger partial charge in [-0.1, -0.05) is 37.3 Å². The number of hydrogen-bond donors (Lipinski definition) is 0. The topological polar surface area (TPSA) is 17.8 Å². The van der Waals surface area contributed by atoms with Gasteiger partial charge >= 0.3 is 0 Å². The van der Waals surface area contributed by atoms with Crippen molar-refractivity contribution in [2.24, 2.45) is 0 Å². The van der Waals surface area contributed by atoms with Gasteiger partial charge in [-0.3, -0.25) is 4.57 Å². The molecule has 3 rings (SSSR count). The van der Waals surface area contributed by atoms with E-state index in [0.29, 0.717) is 0 Å². The van der Waals surface area contributed by atoms with Gasteiger partial charge in [0.2, 0.25) is 0 Å². The smallest absolute Gasteiger partial charge is 0.100 e. The predicted molar refractivity (Wildman–Crippen MR) is 70.4 cm³/mol. The van der Waals surface area contributed by atoms with Gasteiger partial charge in [0.25, 0.3) is 0 Å². The molecule has 3 aromatic rings. The molecular weight excluding hydrogens is 208 g/mol. The Morgan fingerprint density at radius 2 is 1.76 bits per heavy atom. The third-order valence-corrected chi connectivity index (χ3v) is 3.09. The van der Waals surface area contributed by atoms with E-state index in [4.69, 9.17) is 0 Å². The summed E-state index contributed by atoms with van der Waals surface area (Å²) in [6, 6.07) is 16.7. The highest BCUT2D eigenvalue weighted by molar-refractivity contribution is 5.77. The number of imidazole rings is 1. The molecule has 0 aliphatic heterocycles. The molecule has 0 aliphatic rings.